The van der Waals surface area contributed by atoms with Crippen LogP contribution in [0.4, 0.5) is 0 Å². The molecule has 118 valence electrons. The van der Waals surface area contributed by atoms with Gasteiger partial charge in [0.15, 0.2) is 0 Å². The lowest BCUT2D eigenvalue weighted by Gasteiger charge is -2.47. The van der Waals surface area contributed by atoms with Gasteiger partial charge >= 0.3 is 0 Å². The second-order valence-corrected chi connectivity index (χ2v) is 6.40. The minimum atomic E-state index is -0.859. The van der Waals surface area contributed by atoms with Crippen LogP contribution in [0.3, 0.4) is 0 Å². The van der Waals surface area contributed by atoms with Gasteiger partial charge in [0, 0.05) is 23.6 Å². The first kappa shape index (κ1) is 14.4. The van der Waals surface area contributed by atoms with Crippen molar-refractivity contribution in [3.8, 4) is 23.2 Å². The highest BCUT2D eigenvalue weighted by Crippen LogP contribution is 2.35. The Morgan fingerprint density at radius 2 is 1.96 bits per heavy atom. The van der Waals surface area contributed by atoms with E-state index in [1.807, 2.05) is 24.3 Å². The average Bonchev–Trinajstić information content (AvgIpc) is 3.01. The van der Waals surface area contributed by atoms with Crippen LogP contribution in [-0.4, -0.2) is 55.4 Å². The predicted molar refractivity (Wildman–Crippen MR) is 85.2 cm³/mol. The standard InChI is InChI=1S/C17H19N5O/c1-21-19-16(18-20-21)14-4-2-13(3-5-14)6-9-17(23)12-22-10-7-15(17)8-11-22/h2-5,15,23H,7-8,10-12H2,1H3. The van der Waals surface area contributed by atoms with Gasteiger partial charge in [-0.2, -0.15) is 4.80 Å². The first-order valence-electron chi connectivity index (χ1n) is 7.95. The smallest absolute Gasteiger partial charge is 0.204 e. The topological polar surface area (TPSA) is 67.1 Å². The second kappa shape index (κ2) is 5.44. The Hall–Kier alpha value is -2.23. The molecule has 3 saturated heterocycles. The number of aliphatic hydroxyl groups is 1. The number of aryl methyl sites for hydroxylation is 1. The van der Waals surface area contributed by atoms with Crippen LogP contribution in [0, 0.1) is 17.8 Å². The second-order valence-electron chi connectivity index (χ2n) is 6.40. The molecule has 1 aromatic heterocycles. The van der Waals surface area contributed by atoms with Crippen LogP contribution < -0.4 is 0 Å². The van der Waals surface area contributed by atoms with Gasteiger partial charge in [-0.3, -0.25) is 4.90 Å². The maximum Gasteiger partial charge on any atom is 0.204 e. The van der Waals surface area contributed by atoms with E-state index in [4.69, 9.17) is 0 Å². The highest BCUT2D eigenvalue weighted by Gasteiger charge is 2.44. The zero-order valence-corrected chi connectivity index (χ0v) is 13.1. The van der Waals surface area contributed by atoms with Crippen molar-refractivity contribution < 1.29 is 5.11 Å². The van der Waals surface area contributed by atoms with Crippen LogP contribution in [0.25, 0.3) is 11.4 Å². The molecule has 3 aliphatic rings. The van der Waals surface area contributed by atoms with Crippen molar-refractivity contribution in [2.45, 2.75) is 18.4 Å². The lowest BCUT2D eigenvalue weighted by atomic mass is 9.76. The van der Waals surface area contributed by atoms with Crippen LogP contribution >= 0.6 is 0 Å². The number of hydrogen-bond acceptors (Lipinski definition) is 5. The zero-order valence-electron chi connectivity index (χ0n) is 13.1. The van der Waals surface area contributed by atoms with Gasteiger partial charge < -0.3 is 5.11 Å². The Labute approximate surface area is 135 Å². The monoisotopic (exact) mass is 309 g/mol. The fraction of sp³-hybridized carbons (Fsp3) is 0.471. The fourth-order valence-electron chi connectivity index (χ4n) is 3.46. The summed E-state index contributed by atoms with van der Waals surface area (Å²) in [6.45, 7) is 2.86. The largest absolute Gasteiger partial charge is 0.376 e. The van der Waals surface area contributed by atoms with Crippen molar-refractivity contribution in [1.82, 2.24) is 25.1 Å². The van der Waals surface area contributed by atoms with Crippen LogP contribution in [0.15, 0.2) is 24.3 Å². The lowest BCUT2D eigenvalue weighted by molar-refractivity contribution is -0.0713. The van der Waals surface area contributed by atoms with Gasteiger partial charge in [0.05, 0.1) is 7.05 Å². The van der Waals surface area contributed by atoms with Crippen molar-refractivity contribution in [2.75, 3.05) is 19.6 Å². The number of benzene rings is 1. The number of tetrazole rings is 1. The summed E-state index contributed by atoms with van der Waals surface area (Å²) in [5, 5.41) is 22.8. The van der Waals surface area contributed by atoms with E-state index in [0.717, 1.165) is 37.1 Å². The van der Waals surface area contributed by atoms with Gasteiger partial charge in [0.2, 0.25) is 5.82 Å². The lowest BCUT2D eigenvalue weighted by Crippen LogP contribution is -2.58. The van der Waals surface area contributed by atoms with E-state index in [1.165, 1.54) is 4.80 Å². The average molecular weight is 309 g/mol. The SMILES string of the molecule is Cn1nnc(-c2ccc(C#CC3(O)CN4CCC3CC4)cc2)n1. The highest BCUT2D eigenvalue weighted by atomic mass is 16.3. The molecule has 4 heterocycles. The minimum absolute atomic E-state index is 0.308. The normalized spacial score (nSPS) is 29.1. The Bertz CT molecular complexity index is 764. The van der Waals surface area contributed by atoms with E-state index in [1.54, 1.807) is 7.05 Å². The number of aromatic nitrogens is 4. The molecule has 0 radical (unpaired) electrons. The molecule has 6 heteroatoms. The summed E-state index contributed by atoms with van der Waals surface area (Å²) in [7, 11) is 1.74. The third kappa shape index (κ3) is 2.74. The molecule has 2 bridgehead atoms. The van der Waals surface area contributed by atoms with Gasteiger partial charge in [-0.15, -0.1) is 10.2 Å². The highest BCUT2D eigenvalue weighted by molar-refractivity contribution is 5.56. The first-order chi connectivity index (χ1) is 11.1. The molecule has 1 N–H and O–H groups in total. The molecule has 3 fully saturated rings. The van der Waals surface area contributed by atoms with E-state index in [-0.39, 0.29) is 0 Å². The Morgan fingerprint density at radius 3 is 2.52 bits per heavy atom. The van der Waals surface area contributed by atoms with Gasteiger partial charge in [-0.1, -0.05) is 11.8 Å². The molecular formula is C17H19N5O. The fourth-order valence-corrected chi connectivity index (χ4v) is 3.46. The van der Waals surface area contributed by atoms with Crippen molar-refractivity contribution in [3.63, 3.8) is 0 Å². The van der Waals surface area contributed by atoms with E-state index in [9.17, 15) is 5.11 Å². The van der Waals surface area contributed by atoms with Gasteiger partial charge in [0.25, 0.3) is 0 Å². The van der Waals surface area contributed by atoms with Gasteiger partial charge in [0.1, 0.15) is 5.60 Å². The molecule has 0 amide bonds. The zero-order chi connectivity index (χ0) is 15.9. The molecule has 1 atom stereocenters. The number of fused-ring (bicyclic) bond motifs is 3. The summed E-state index contributed by atoms with van der Waals surface area (Å²) in [4.78, 5) is 3.74. The van der Waals surface area contributed by atoms with Gasteiger partial charge in [-0.25, -0.2) is 0 Å². The third-order valence-corrected chi connectivity index (χ3v) is 4.80. The van der Waals surface area contributed by atoms with Crippen LogP contribution in [0.1, 0.15) is 18.4 Å². The number of rotatable bonds is 1. The molecule has 2 aromatic rings. The third-order valence-electron chi connectivity index (χ3n) is 4.80. The molecule has 3 aliphatic heterocycles. The molecule has 6 nitrogen and oxygen atoms in total. The quantitative estimate of drug-likeness (QED) is 0.785. The molecule has 1 aromatic carbocycles. The summed E-state index contributed by atoms with van der Waals surface area (Å²) in [5.41, 5.74) is 0.939. The summed E-state index contributed by atoms with van der Waals surface area (Å²) >= 11 is 0. The van der Waals surface area contributed by atoms with Crippen molar-refractivity contribution in [1.29, 1.82) is 0 Å². The molecular weight excluding hydrogens is 290 g/mol. The van der Waals surface area contributed by atoms with Crippen LogP contribution in [-0.2, 0) is 7.05 Å². The van der Waals surface area contributed by atoms with E-state index >= 15 is 0 Å². The van der Waals surface area contributed by atoms with E-state index in [0.29, 0.717) is 18.3 Å². The maximum absolute atomic E-state index is 10.8. The van der Waals surface area contributed by atoms with Crippen molar-refractivity contribution in [3.05, 3.63) is 29.8 Å². The number of nitrogens with zero attached hydrogens (tertiary/aromatic N) is 5. The number of hydrogen-bond donors (Lipinski definition) is 1. The van der Waals surface area contributed by atoms with Crippen molar-refractivity contribution in [2.24, 2.45) is 13.0 Å². The number of piperidine rings is 3. The molecule has 0 spiro atoms. The van der Waals surface area contributed by atoms with E-state index < -0.39 is 5.60 Å². The molecule has 5 rings (SSSR count). The molecule has 0 aliphatic carbocycles. The van der Waals surface area contributed by atoms with Crippen LogP contribution in [0.2, 0.25) is 0 Å². The summed E-state index contributed by atoms with van der Waals surface area (Å²) < 4.78 is 0. The van der Waals surface area contributed by atoms with Crippen molar-refractivity contribution >= 4 is 0 Å². The van der Waals surface area contributed by atoms with Crippen LogP contribution in [0.5, 0.6) is 0 Å². The molecule has 1 unspecified atom stereocenters. The molecule has 0 saturated carbocycles. The maximum atomic E-state index is 10.8. The summed E-state index contributed by atoms with van der Waals surface area (Å²) in [5.74, 6) is 7.17. The summed E-state index contributed by atoms with van der Waals surface area (Å²) in [6, 6.07) is 7.73. The Morgan fingerprint density at radius 1 is 1.22 bits per heavy atom. The minimum Gasteiger partial charge on any atom is -0.376 e. The molecule has 23 heavy (non-hydrogen) atoms. The Balaban J connectivity index is 1.54. The van der Waals surface area contributed by atoms with Gasteiger partial charge in [-0.05, 0) is 55.4 Å². The van der Waals surface area contributed by atoms with E-state index in [2.05, 4.69) is 32.2 Å². The summed E-state index contributed by atoms with van der Waals surface area (Å²) in [6.07, 6.45) is 2.09. The predicted octanol–water partition coefficient (Wildman–Crippen LogP) is 0.685. The first-order valence-corrected chi connectivity index (χ1v) is 7.95. The Kier molecular flexibility index (Phi) is 3.40.